The summed E-state index contributed by atoms with van der Waals surface area (Å²) in [6.07, 6.45) is 21.6. The number of amides is 1. The van der Waals surface area contributed by atoms with Crippen molar-refractivity contribution >= 4 is 23.0 Å². The van der Waals surface area contributed by atoms with Crippen molar-refractivity contribution in [2.75, 3.05) is 37.7 Å². The summed E-state index contributed by atoms with van der Waals surface area (Å²) in [5.41, 5.74) is 3.41. The summed E-state index contributed by atoms with van der Waals surface area (Å²) in [5, 5.41) is 7.17. The van der Waals surface area contributed by atoms with Crippen LogP contribution in [0.15, 0.2) is 23.3 Å². The van der Waals surface area contributed by atoms with Crippen LogP contribution >= 0.6 is 0 Å². The molecule has 0 aromatic carbocycles. The maximum atomic E-state index is 12.0. The zero-order valence-electron chi connectivity index (χ0n) is 30.1. The Kier molecular flexibility index (Phi) is 9.07. The molecule has 8 unspecified atom stereocenters. The van der Waals surface area contributed by atoms with Gasteiger partial charge in [0.1, 0.15) is 6.29 Å². The Bertz CT molecular complexity index is 1330. The highest BCUT2D eigenvalue weighted by atomic mass is 32.2. The molecule has 47 heavy (non-hydrogen) atoms. The van der Waals surface area contributed by atoms with Crippen molar-refractivity contribution in [2.45, 2.75) is 129 Å². The van der Waals surface area contributed by atoms with Gasteiger partial charge in [-0.2, -0.15) is 0 Å². The molecule has 1 heterocycles. The van der Waals surface area contributed by atoms with E-state index >= 15 is 0 Å². The summed E-state index contributed by atoms with van der Waals surface area (Å²) >= 11 is 0. The van der Waals surface area contributed by atoms with Gasteiger partial charge in [-0.1, -0.05) is 46.3 Å². The molecular weight excluding hydrogens is 603 g/mol. The maximum Gasteiger partial charge on any atom is 0.217 e. The van der Waals surface area contributed by atoms with E-state index in [0.717, 1.165) is 74.1 Å². The number of fused-ring (bicyclic) bond motifs is 7. The molecule has 2 N–H and O–H groups in total. The summed E-state index contributed by atoms with van der Waals surface area (Å²) in [6.45, 7) is 16.2. The molecule has 262 valence electrons. The number of carbonyl (C=O) groups excluding carboxylic acids is 2. The quantitative estimate of drug-likeness (QED) is 0.301. The monoisotopic (exact) mass is 665 g/mol. The Balaban J connectivity index is 1.06. The first kappa shape index (κ1) is 34.2. The topological polar surface area (TPSA) is 78.5 Å². The van der Waals surface area contributed by atoms with Crippen molar-refractivity contribution < 1.29 is 13.8 Å². The highest BCUT2D eigenvalue weighted by Crippen LogP contribution is 2.72. The van der Waals surface area contributed by atoms with Crippen molar-refractivity contribution in [3.05, 3.63) is 23.3 Å². The minimum atomic E-state index is -0.739. The zero-order chi connectivity index (χ0) is 33.2. The molecule has 6 aliphatic carbocycles. The molecule has 1 saturated heterocycles. The van der Waals surface area contributed by atoms with Gasteiger partial charge in [0.15, 0.2) is 0 Å². The van der Waals surface area contributed by atoms with Crippen LogP contribution in [0.5, 0.6) is 0 Å². The van der Waals surface area contributed by atoms with Crippen molar-refractivity contribution in [1.82, 2.24) is 15.5 Å². The fraction of sp³-hybridized carbons (Fsp3) is 0.850. The number of nitrogens with zero attached hydrogens (tertiary/aromatic N) is 1. The highest BCUT2D eigenvalue weighted by molar-refractivity contribution is 7.85. The normalized spacial score (nSPS) is 45.0. The van der Waals surface area contributed by atoms with E-state index in [1.165, 1.54) is 82.3 Å². The molecule has 7 rings (SSSR count). The molecule has 6 nitrogen and oxygen atoms in total. The van der Waals surface area contributed by atoms with Gasteiger partial charge in [-0.25, -0.2) is 0 Å². The predicted octanol–water partition coefficient (Wildman–Crippen LogP) is 6.58. The first-order valence-electron chi connectivity index (χ1n) is 19.3. The van der Waals surface area contributed by atoms with Gasteiger partial charge < -0.3 is 20.3 Å². The van der Waals surface area contributed by atoms with Crippen molar-refractivity contribution in [3.8, 4) is 0 Å². The third-order valence-corrected chi connectivity index (χ3v) is 17.1. The van der Waals surface area contributed by atoms with E-state index in [1.54, 1.807) is 0 Å². The minimum absolute atomic E-state index is 0.104. The molecule has 0 radical (unpaired) electrons. The van der Waals surface area contributed by atoms with Crippen LogP contribution in [0.4, 0.5) is 0 Å². The van der Waals surface area contributed by atoms with Crippen molar-refractivity contribution in [1.29, 1.82) is 0 Å². The number of hydrogen-bond donors (Lipinski definition) is 2. The second kappa shape index (κ2) is 12.5. The predicted molar refractivity (Wildman–Crippen MR) is 191 cm³/mol. The lowest BCUT2D eigenvalue weighted by molar-refractivity contribution is -0.175. The molecule has 1 amide bonds. The average Bonchev–Trinajstić information content (AvgIpc) is 3.46. The molecular formula is C40H63N3O3S. The van der Waals surface area contributed by atoms with Gasteiger partial charge in [0.05, 0.1) is 5.54 Å². The molecule has 0 bridgehead atoms. The lowest BCUT2D eigenvalue weighted by Crippen LogP contribution is -2.64. The summed E-state index contributed by atoms with van der Waals surface area (Å²) in [7, 11) is -0.597. The van der Waals surface area contributed by atoms with Crippen LogP contribution < -0.4 is 10.6 Å². The molecule has 1 aliphatic heterocycles. The van der Waals surface area contributed by atoms with E-state index < -0.39 is 16.3 Å². The summed E-state index contributed by atoms with van der Waals surface area (Å²) in [4.78, 5) is 26.4. The molecule has 0 aromatic rings. The van der Waals surface area contributed by atoms with Gasteiger partial charge >= 0.3 is 0 Å². The number of rotatable bonds is 7. The zero-order valence-corrected chi connectivity index (χ0v) is 31.0. The van der Waals surface area contributed by atoms with E-state index in [2.05, 4.69) is 55.4 Å². The number of aldehydes is 1. The Morgan fingerprint density at radius 2 is 1.70 bits per heavy atom. The second-order valence-electron chi connectivity index (χ2n) is 18.2. The lowest BCUT2D eigenvalue weighted by Gasteiger charge is -2.68. The van der Waals surface area contributed by atoms with Crippen LogP contribution in [0.1, 0.15) is 118 Å². The third-order valence-electron chi connectivity index (χ3n) is 15.8. The Morgan fingerprint density at radius 1 is 0.915 bits per heavy atom. The first-order chi connectivity index (χ1) is 22.4. The Morgan fingerprint density at radius 3 is 2.40 bits per heavy atom. The fourth-order valence-corrected chi connectivity index (χ4v) is 14.9. The van der Waals surface area contributed by atoms with Gasteiger partial charge in [0.25, 0.3) is 0 Å². The Labute approximate surface area is 287 Å². The smallest absolute Gasteiger partial charge is 0.217 e. The lowest BCUT2D eigenvalue weighted by atomic mass is 9.37. The number of allylic oxidation sites excluding steroid dienone is 3. The molecule has 5 fully saturated rings. The van der Waals surface area contributed by atoms with E-state index in [9.17, 15) is 13.8 Å². The first-order valence-corrected chi connectivity index (χ1v) is 20.8. The van der Waals surface area contributed by atoms with Gasteiger partial charge in [-0.05, 0) is 134 Å². The largest absolute Gasteiger partial charge is 0.344 e. The van der Waals surface area contributed by atoms with Crippen molar-refractivity contribution in [3.63, 3.8) is 0 Å². The fourth-order valence-electron chi connectivity index (χ4n) is 13.7. The molecule has 4 saturated carbocycles. The summed E-state index contributed by atoms with van der Waals surface area (Å²) < 4.78 is 11.8. The van der Waals surface area contributed by atoms with E-state index in [4.69, 9.17) is 0 Å². The second-order valence-corrected chi connectivity index (χ2v) is 19.9. The van der Waals surface area contributed by atoms with E-state index in [1.807, 2.05) is 0 Å². The van der Waals surface area contributed by atoms with Gasteiger partial charge in [0.2, 0.25) is 5.91 Å². The van der Waals surface area contributed by atoms with Crippen LogP contribution in [-0.4, -0.2) is 70.1 Å². The van der Waals surface area contributed by atoms with Crippen LogP contribution in [0, 0.1) is 45.8 Å². The van der Waals surface area contributed by atoms with Gasteiger partial charge in [0, 0.05) is 60.9 Å². The van der Waals surface area contributed by atoms with E-state index in [-0.39, 0.29) is 11.3 Å². The van der Waals surface area contributed by atoms with Crippen molar-refractivity contribution in [2.24, 2.45) is 45.8 Å². The third kappa shape index (κ3) is 5.69. The average molecular weight is 666 g/mol. The maximum absolute atomic E-state index is 12.0. The molecule has 7 heteroatoms. The van der Waals surface area contributed by atoms with Crippen LogP contribution in [0.3, 0.4) is 0 Å². The number of nitrogens with one attached hydrogen (secondary N) is 2. The van der Waals surface area contributed by atoms with Crippen LogP contribution in [-0.2, 0) is 20.4 Å². The number of hydrogen-bond acceptors (Lipinski definition) is 5. The molecule has 0 spiro atoms. The molecule has 7 aliphatic rings. The summed E-state index contributed by atoms with van der Waals surface area (Å²) in [6, 6.07) is 0. The SMILES string of the molecule is CC(=O)NC1(C=O)CC=C(C2=CCC3(C)C(CCC4(C)C5CCC6(NCCN7CCS(=O)CC7)CCC[C@@H]6C5CCC43)C2(C)C)CC1. The molecule has 9 atom stereocenters. The summed E-state index contributed by atoms with van der Waals surface area (Å²) in [5.74, 6) is 5.59. The van der Waals surface area contributed by atoms with E-state index in [0.29, 0.717) is 35.1 Å². The highest BCUT2D eigenvalue weighted by Gasteiger charge is 2.65. The standard InChI is InChI=1S/C40H63N3O3S/c1-28(45)42-39(27-44)18-10-29(11-19-39)31-12-16-38(5)34(36(31,2)3)14-17-37(4)32-13-20-40(41-21-22-43-23-25-47(46)26-24-43)15-6-7-33(40)30(32)8-9-35(37)38/h10,12,27,30,32-35,41H,6-9,11,13-26H2,1-5H3,(H,42,45)/t30?,32?,33-,34?,35?,37?,38?,39?,40?/m1/s1. The van der Waals surface area contributed by atoms with Gasteiger partial charge in [-0.3, -0.25) is 9.00 Å². The minimum Gasteiger partial charge on any atom is -0.344 e. The number of carbonyl (C=O) groups is 2. The Hall–Kier alpha value is -1.31. The van der Waals surface area contributed by atoms with Crippen LogP contribution in [0.25, 0.3) is 0 Å². The van der Waals surface area contributed by atoms with Gasteiger partial charge in [-0.15, -0.1) is 0 Å². The molecule has 0 aromatic heterocycles. The van der Waals surface area contributed by atoms with Crippen LogP contribution in [0.2, 0.25) is 0 Å².